The van der Waals surface area contributed by atoms with Crippen molar-refractivity contribution in [3.05, 3.63) is 59.7 Å². The number of H-pyrrole nitrogens is 2. The van der Waals surface area contributed by atoms with Crippen molar-refractivity contribution < 1.29 is 28.7 Å². The molecule has 0 saturated carbocycles. The molecule has 5 rings (SSSR count). The van der Waals surface area contributed by atoms with Crippen molar-refractivity contribution in [1.82, 2.24) is 25.9 Å². The summed E-state index contributed by atoms with van der Waals surface area (Å²) in [7, 11) is 1.28. The van der Waals surface area contributed by atoms with Gasteiger partial charge < -0.3 is 30.7 Å². The summed E-state index contributed by atoms with van der Waals surface area (Å²) in [5.74, 6) is -3.18. The summed E-state index contributed by atoms with van der Waals surface area (Å²) in [6.45, 7) is 0.642. The SMILES string of the molecule is COC(=O)[C@H]1CC(=O)CNC(=O)CNC(=O)[C@@H](NC(C)=O)Cc2c([nH]c3ccccc23)-c2[nH]c3ccccc3c2C1. The Morgan fingerprint density at radius 3 is 1.98 bits per heavy atom. The highest BCUT2D eigenvalue weighted by Crippen LogP contribution is 2.37. The summed E-state index contributed by atoms with van der Waals surface area (Å²) in [6, 6.07) is 14.3. The number of fused-ring (bicyclic) bond motifs is 7. The number of amides is 3. The van der Waals surface area contributed by atoms with Crippen LogP contribution in [0.5, 0.6) is 0 Å². The summed E-state index contributed by atoms with van der Waals surface area (Å²) in [5, 5.41) is 9.50. The van der Waals surface area contributed by atoms with Crippen LogP contribution in [0, 0.1) is 5.92 Å². The number of hydrogen-bond acceptors (Lipinski definition) is 6. The van der Waals surface area contributed by atoms with Gasteiger partial charge in [0.05, 0.1) is 37.5 Å². The Kier molecular flexibility index (Phi) is 7.86. The average molecular weight is 558 g/mol. The number of para-hydroxylation sites is 2. The molecular weight excluding hydrogens is 526 g/mol. The maximum atomic E-state index is 13.2. The van der Waals surface area contributed by atoms with E-state index in [0.717, 1.165) is 32.9 Å². The maximum absolute atomic E-state index is 13.2. The van der Waals surface area contributed by atoms with Gasteiger partial charge in [0, 0.05) is 41.6 Å². The molecule has 5 N–H and O–H groups in total. The van der Waals surface area contributed by atoms with Gasteiger partial charge in [-0.05, 0) is 29.7 Å². The monoisotopic (exact) mass is 557 g/mol. The Morgan fingerprint density at radius 1 is 0.805 bits per heavy atom. The van der Waals surface area contributed by atoms with Crippen molar-refractivity contribution in [1.29, 1.82) is 0 Å². The highest BCUT2D eigenvalue weighted by molar-refractivity contribution is 5.98. The number of nitrogens with one attached hydrogen (secondary N) is 5. The van der Waals surface area contributed by atoms with Crippen LogP contribution in [-0.2, 0) is 41.6 Å². The number of ketones is 1. The third kappa shape index (κ3) is 5.84. The van der Waals surface area contributed by atoms with Crippen molar-refractivity contribution in [2.45, 2.75) is 32.2 Å². The first kappa shape index (κ1) is 27.6. The van der Waals surface area contributed by atoms with Gasteiger partial charge in [-0.1, -0.05) is 36.4 Å². The number of benzene rings is 2. The summed E-state index contributed by atoms with van der Waals surface area (Å²) in [5.41, 5.74) is 4.62. The van der Waals surface area contributed by atoms with E-state index in [2.05, 4.69) is 25.9 Å². The third-order valence-corrected chi connectivity index (χ3v) is 7.34. The first-order valence-electron chi connectivity index (χ1n) is 13.4. The number of ether oxygens (including phenoxy) is 1. The minimum absolute atomic E-state index is 0.125. The van der Waals surface area contributed by atoms with E-state index in [-0.39, 0.29) is 38.1 Å². The topological polar surface area (TPSA) is 162 Å². The van der Waals surface area contributed by atoms with E-state index in [1.165, 1.54) is 14.0 Å². The van der Waals surface area contributed by atoms with Crippen LogP contribution >= 0.6 is 0 Å². The molecule has 1 aliphatic rings. The molecule has 4 aromatic rings. The fourth-order valence-corrected chi connectivity index (χ4v) is 5.46. The van der Waals surface area contributed by atoms with Gasteiger partial charge in [-0.3, -0.25) is 24.0 Å². The number of rotatable bonds is 2. The summed E-state index contributed by atoms with van der Waals surface area (Å²) < 4.78 is 5.06. The lowest BCUT2D eigenvalue weighted by Crippen LogP contribution is -2.50. The van der Waals surface area contributed by atoms with E-state index in [0.29, 0.717) is 11.4 Å². The van der Waals surface area contributed by atoms with Crippen molar-refractivity contribution in [3.8, 4) is 11.4 Å². The van der Waals surface area contributed by atoms with E-state index in [9.17, 15) is 24.0 Å². The molecule has 0 fully saturated rings. The summed E-state index contributed by atoms with van der Waals surface area (Å²) >= 11 is 0. The first-order chi connectivity index (χ1) is 19.7. The van der Waals surface area contributed by atoms with Crippen LogP contribution in [0.25, 0.3) is 33.2 Å². The molecule has 0 spiro atoms. The van der Waals surface area contributed by atoms with Crippen LogP contribution in [0.1, 0.15) is 24.5 Å². The normalized spacial score (nSPS) is 18.7. The summed E-state index contributed by atoms with van der Waals surface area (Å²) in [4.78, 5) is 70.4. The molecule has 3 heterocycles. The third-order valence-electron chi connectivity index (χ3n) is 7.34. The van der Waals surface area contributed by atoms with Gasteiger partial charge in [0.25, 0.3) is 0 Å². The molecule has 11 nitrogen and oxygen atoms in total. The van der Waals surface area contributed by atoms with Crippen molar-refractivity contribution in [2.24, 2.45) is 5.92 Å². The lowest BCUT2D eigenvalue weighted by Gasteiger charge is -2.19. The molecule has 0 bridgehead atoms. The van der Waals surface area contributed by atoms with Crippen molar-refractivity contribution in [2.75, 3.05) is 20.2 Å². The van der Waals surface area contributed by atoms with E-state index in [1.807, 2.05) is 48.5 Å². The van der Waals surface area contributed by atoms with Gasteiger partial charge in [0.15, 0.2) is 5.78 Å². The Hall–Kier alpha value is -4.93. The largest absolute Gasteiger partial charge is 0.469 e. The molecule has 2 atom stereocenters. The van der Waals surface area contributed by atoms with Gasteiger partial charge >= 0.3 is 5.97 Å². The molecule has 2 aromatic heterocycles. The van der Waals surface area contributed by atoms with Gasteiger partial charge in [0.1, 0.15) is 6.04 Å². The molecule has 3 amide bonds. The zero-order valence-electron chi connectivity index (χ0n) is 22.8. The van der Waals surface area contributed by atoms with Gasteiger partial charge in [0.2, 0.25) is 17.7 Å². The number of Topliss-reactive ketones (excluding diaryl/α,β-unsaturated/α-hetero) is 1. The lowest BCUT2D eigenvalue weighted by molar-refractivity contribution is -0.147. The molecule has 2 aromatic carbocycles. The molecule has 212 valence electrons. The fourth-order valence-electron chi connectivity index (χ4n) is 5.46. The number of methoxy groups -OCH3 is 1. The number of carbonyl (C=O) groups excluding carboxylic acids is 5. The Morgan fingerprint density at radius 2 is 1.39 bits per heavy atom. The Bertz CT molecular complexity index is 1670. The molecule has 0 saturated heterocycles. The Labute approximate surface area is 235 Å². The van der Waals surface area contributed by atoms with Crippen LogP contribution in [0.2, 0.25) is 0 Å². The highest BCUT2D eigenvalue weighted by atomic mass is 16.5. The zero-order chi connectivity index (χ0) is 29.1. The lowest BCUT2D eigenvalue weighted by atomic mass is 9.90. The second-order valence-corrected chi connectivity index (χ2v) is 10.2. The minimum atomic E-state index is -0.983. The van der Waals surface area contributed by atoms with Crippen molar-refractivity contribution in [3.63, 3.8) is 0 Å². The number of esters is 1. The molecule has 0 unspecified atom stereocenters. The predicted molar refractivity (Wildman–Crippen MR) is 152 cm³/mol. The molecule has 0 aliphatic carbocycles. The fraction of sp³-hybridized carbons (Fsp3) is 0.300. The second-order valence-electron chi connectivity index (χ2n) is 10.2. The Balaban J connectivity index is 1.73. The van der Waals surface area contributed by atoms with Crippen LogP contribution in [0.4, 0.5) is 0 Å². The van der Waals surface area contributed by atoms with Crippen LogP contribution in [0.15, 0.2) is 48.5 Å². The van der Waals surface area contributed by atoms with Gasteiger partial charge in [-0.25, -0.2) is 0 Å². The standard InChI is InChI=1S/C30H31N5O6/c1-16(36)33-25-13-22-20-8-4-6-10-24(20)35-28(22)27-21(19-7-3-5-9-23(19)34-27)12-17(30(40)41-2)11-18(37)14-31-26(38)15-32-29(25)39/h3-10,17,25,34-35H,11-15H2,1-2H3,(H,31,38)(H,32,39)(H,33,36)/t17-,25-/m0/s1. The smallest absolute Gasteiger partial charge is 0.309 e. The molecule has 1 aliphatic heterocycles. The van der Waals surface area contributed by atoms with E-state index < -0.39 is 35.7 Å². The zero-order valence-corrected chi connectivity index (χ0v) is 22.8. The first-order valence-corrected chi connectivity index (χ1v) is 13.4. The predicted octanol–water partition coefficient (Wildman–Crippen LogP) is 1.90. The van der Waals surface area contributed by atoms with E-state index in [1.54, 1.807) is 0 Å². The minimum Gasteiger partial charge on any atom is -0.469 e. The molecular formula is C30H31N5O6. The van der Waals surface area contributed by atoms with E-state index in [4.69, 9.17) is 4.74 Å². The van der Waals surface area contributed by atoms with Gasteiger partial charge in [-0.15, -0.1) is 0 Å². The molecule has 0 radical (unpaired) electrons. The number of carbonyl (C=O) groups is 5. The number of aromatic nitrogens is 2. The second kappa shape index (κ2) is 11.7. The van der Waals surface area contributed by atoms with Crippen molar-refractivity contribution >= 4 is 51.3 Å². The number of hydrogen-bond donors (Lipinski definition) is 5. The molecule has 11 heteroatoms. The average Bonchev–Trinajstić information content (AvgIpc) is 3.51. The van der Waals surface area contributed by atoms with Gasteiger partial charge in [-0.2, -0.15) is 0 Å². The highest BCUT2D eigenvalue weighted by Gasteiger charge is 2.30. The number of aromatic amines is 2. The summed E-state index contributed by atoms with van der Waals surface area (Å²) in [6.07, 6.45) is 0.179. The maximum Gasteiger partial charge on any atom is 0.309 e. The molecule has 41 heavy (non-hydrogen) atoms. The van der Waals surface area contributed by atoms with Crippen LogP contribution in [-0.4, -0.2) is 65.7 Å². The van der Waals surface area contributed by atoms with Crippen LogP contribution < -0.4 is 16.0 Å². The quantitative estimate of drug-likeness (QED) is 0.237. The van der Waals surface area contributed by atoms with E-state index >= 15 is 0 Å². The van der Waals surface area contributed by atoms with Crippen LogP contribution in [0.3, 0.4) is 0 Å².